The molecule has 156 valence electrons. The third-order valence-corrected chi connectivity index (χ3v) is 5.86. The highest BCUT2D eigenvalue weighted by molar-refractivity contribution is 7.13. The number of benzene rings is 2. The summed E-state index contributed by atoms with van der Waals surface area (Å²) in [4.78, 5) is 28.1. The Labute approximate surface area is 183 Å². The van der Waals surface area contributed by atoms with Crippen LogP contribution in [0.1, 0.15) is 5.56 Å². The highest BCUT2D eigenvalue weighted by Gasteiger charge is 2.39. The summed E-state index contributed by atoms with van der Waals surface area (Å²) in [7, 11) is 0. The topological polar surface area (TPSA) is 103 Å². The molecule has 1 aliphatic rings. The molecule has 0 unspecified atom stereocenters. The third kappa shape index (κ3) is 4.49. The number of anilines is 2. The Balaban J connectivity index is 1.44. The molecule has 1 saturated heterocycles. The average molecular weight is 433 g/mol. The van der Waals surface area contributed by atoms with E-state index in [9.17, 15) is 14.7 Å². The predicted molar refractivity (Wildman–Crippen MR) is 118 cm³/mol. The summed E-state index contributed by atoms with van der Waals surface area (Å²) in [6.07, 6.45) is -2.97. The van der Waals surface area contributed by atoms with Crippen LogP contribution in [0.15, 0.2) is 66.0 Å². The molecule has 8 heteroatoms. The first-order valence-corrected chi connectivity index (χ1v) is 10.5. The Kier molecular flexibility index (Phi) is 6.09. The zero-order valence-electron chi connectivity index (χ0n) is 16.4. The van der Waals surface area contributed by atoms with E-state index in [0.717, 1.165) is 10.4 Å². The quantitative estimate of drug-likeness (QED) is 0.644. The van der Waals surface area contributed by atoms with Gasteiger partial charge in [-0.25, -0.2) is 0 Å². The summed E-state index contributed by atoms with van der Waals surface area (Å²) in [5, 5.41) is 23.9. The predicted octanol–water partition coefficient (Wildman–Crippen LogP) is 3.02. The number of carbonyl (C=O) groups is 2. The molecule has 0 saturated carbocycles. The maximum atomic E-state index is 12.9. The number of hydrogen-bond donors (Lipinski definition) is 2. The number of aliphatic hydroxyl groups is 1. The molecule has 2 amide bonds. The molecular weight excluding hydrogens is 414 g/mol. The summed E-state index contributed by atoms with van der Waals surface area (Å²) in [6.45, 7) is 0.530. The first-order chi connectivity index (χ1) is 15.1. The maximum absolute atomic E-state index is 12.9. The van der Waals surface area contributed by atoms with Crippen LogP contribution >= 0.6 is 11.3 Å². The van der Waals surface area contributed by atoms with Gasteiger partial charge in [-0.1, -0.05) is 18.2 Å². The van der Waals surface area contributed by atoms with Crippen LogP contribution in [0.25, 0.3) is 10.4 Å². The second-order valence-corrected chi connectivity index (χ2v) is 7.88. The molecule has 1 aromatic heterocycles. The van der Waals surface area contributed by atoms with Gasteiger partial charge in [-0.15, -0.1) is 11.3 Å². The lowest BCUT2D eigenvalue weighted by molar-refractivity contribution is -0.150. The Morgan fingerprint density at radius 1 is 1.19 bits per heavy atom. The number of nitrogens with one attached hydrogen (secondary N) is 1. The number of amides is 2. The number of nitrogens with zero attached hydrogens (tertiary/aromatic N) is 2. The van der Waals surface area contributed by atoms with Gasteiger partial charge in [0.25, 0.3) is 11.8 Å². The van der Waals surface area contributed by atoms with Crippen molar-refractivity contribution in [2.75, 3.05) is 23.4 Å². The smallest absolute Gasteiger partial charge is 0.259 e. The molecule has 3 aromatic rings. The minimum absolute atomic E-state index is 0.199. The van der Waals surface area contributed by atoms with E-state index in [4.69, 9.17) is 10.00 Å². The SMILES string of the molecule is N#Cc1ccc(NC(=O)[C@H](O)[C@H]2OCCN(c3ccc(-c4cccs4)cc3)C2=O)cc1. The Morgan fingerprint density at radius 3 is 2.58 bits per heavy atom. The lowest BCUT2D eigenvalue weighted by Gasteiger charge is -2.34. The van der Waals surface area contributed by atoms with Crippen LogP contribution in [0.4, 0.5) is 11.4 Å². The molecule has 31 heavy (non-hydrogen) atoms. The molecule has 2 heterocycles. The molecule has 0 bridgehead atoms. The lowest BCUT2D eigenvalue weighted by Crippen LogP contribution is -2.55. The van der Waals surface area contributed by atoms with Crippen molar-refractivity contribution in [2.24, 2.45) is 0 Å². The van der Waals surface area contributed by atoms with E-state index in [1.807, 2.05) is 47.8 Å². The zero-order chi connectivity index (χ0) is 21.8. The van der Waals surface area contributed by atoms with E-state index in [1.165, 1.54) is 4.90 Å². The van der Waals surface area contributed by atoms with E-state index in [0.29, 0.717) is 23.5 Å². The molecule has 0 radical (unpaired) electrons. The first kappa shape index (κ1) is 20.8. The van der Waals surface area contributed by atoms with Crippen LogP contribution in [-0.2, 0) is 14.3 Å². The van der Waals surface area contributed by atoms with Gasteiger partial charge in [0.15, 0.2) is 12.2 Å². The highest BCUT2D eigenvalue weighted by Crippen LogP contribution is 2.28. The molecule has 4 rings (SSSR count). The number of aliphatic hydroxyl groups excluding tert-OH is 1. The van der Waals surface area contributed by atoms with Crippen molar-refractivity contribution in [1.82, 2.24) is 0 Å². The van der Waals surface area contributed by atoms with Crippen molar-refractivity contribution in [3.8, 4) is 16.5 Å². The second-order valence-electron chi connectivity index (χ2n) is 6.93. The highest BCUT2D eigenvalue weighted by atomic mass is 32.1. The molecule has 1 aliphatic heterocycles. The van der Waals surface area contributed by atoms with Gasteiger partial charge < -0.3 is 20.1 Å². The van der Waals surface area contributed by atoms with E-state index in [1.54, 1.807) is 35.6 Å². The van der Waals surface area contributed by atoms with Crippen molar-refractivity contribution in [3.05, 3.63) is 71.6 Å². The monoisotopic (exact) mass is 433 g/mol. The van der Waals surface area contributed by atoms with Crippen LogP contribution < -0.4 is 10.2 Å². The number of rotatable bonds is 5. The van der Waals surface area contributed by atoms with Crippen LogP contribution in [-0.4, -0.2) is 42.3 Å². The molecule has 0 spiro atoms. The summed E-state index contributed by atoms with van der Waals surface area (Å²) in [6, 6.07) is 19.8. The Hall–Kier alpha value is -3.51. The van der Waals surface area contributed by atoms with Crippen LogP contribution in [0.5, 0.6) is 0 Å². The van der Waals surface area contributed by atoms with Gasteiger partial charge in [-0.2, -0.15) is 5.26 Å². The molecule has 2 aromatic carbocycles. The number of hydrogen-bond acceptors (Lipinski definition) is 6. The molecule has 1 fully saturated rings. The summed E-state index contributed by atoms with van der Waals surface area (Å²) in [5.41, 5.74) is 2.59. The first-order valence-electron chi connectivity index (χ1n) is 9.63. The van der Waals surface area contributed by atoms with E-state index < -0.39 is 24.0 Å². The largest absolute Gasteiger partial charge is 0.380 e. The standard InChI is InChI=1S/C23H19N3O4S/c24-14-15-3-7-17(8-4-15)25-22(28)20(27)21-23(29)26(11-12-30-21)18-9-5-16(6-10-18)19-2-1-13-31-19/h1-10,13,20-21,27H,11-12H2,(H,25,28)/t20-,21-/m1/s1. The van der Waals surface area contributed by atoms with Gasteiger partial charge in [0.2, 0.25) is 0 Å². The number of nitriles is 1. The lowest BCUT2D eigenvalue weighted by atomic mass is 10.1. The summed E-state index contributed by atoms with van der Waals surface area (Å²) < 4.78 is 5.44. The maximum Gasteiger partial charge on any atom is 0.259 e. The van der Waals surface area contributed by atoms with Crippen molar-refractivity contribution in [3.63, 3.8) is 0 Å². The number of thiophene rings is 1. The van der Waals surface area contributed by atoms with Crippen molar-refractivity contribution in [2.45, 2.75) is 12.2 Å². The fourth-order valence-corrected chi connectivity index (χ4v) is 4.05. The van der Waals surface area contributed by atoms with Gasteiger partial charge in [0.1, 0.15) is 0 Å². The molecule has 2 N–H and O–H groups in total. The zero-order valence-corrected chi connectivity index (χ0v) is 17.2. The summed E-state index contributed by atoms with van der Waals surface area (Å²) >= 11 is 1.63. The van der Waals surface area contributed by atoms with Gasteiger partial charge in [0, 0.05) is 22.8 Å². The number of ether oxygens (including phenoxy) is 1. The fraction of sp³-hybridized carbons (Fsp3) is 0.174. The number of carbonyl (C=O) groups excluding carboxylic acids is 2. The van der Waals surface area contributed by atoms with Crippen LogP contribution in [0, 0.1) is 11.3 Å². The normalized spacial score (nSPS) is 17.1. The van der Waals surface area contributed by atoms with Crippen LogP contribution in [0.2, 0.25) is 0 Å². The van der Waals surface area contributed by atoms with Gasteiger partial charge in [0.05, 0.1) is 18.2 Å². The fourth-order valence-electron chi connectivity index (χ4n) is 3.32. The third-order valence-electron chi connectivity index (χ3n) is 4.94. The second kappa shape index (κ2) is 9.10. The molecule has 2 atom stereocenters. The summed E-state index contributed by atoms with van der Waals surface area (Å²) in [5.74, 6) is -1.23. The van der Waals surface area contributed by atoms with E-state index >= 15 is 0 Å². The van der Waals surface area contributed by atoms with Gasteiger partial charge >= 0.3 is 0 Å². The minimum Gasteiger partial charge on any atom is -0.380 e. The van der Waals surface area contributed by atoms with E-state index in [-0.39, 0.29) is 6.61 Å². The Morgan fingerprint density at radius 2 is 1.94 bits per heavy atom. The van der Waals surface area contributed by atoms with Gasteiger partial charge in [-0.05, 0) is 53.4 Å². The van der Waals surface area contributed by atoms with E-state index in [2.05, 4.69) is 5.32 Å². The minimum atomic E-state index is -1.67. The van der Waals surface area contributed by atoms with Crippen molar-refractivity contribution in [1.29, 1.82) is 5.26 Å². The van der Waals surface area contributed by atoms with Gasteiger partial charge in [-0.3, -0.25) is 9.59 Å². The Bertz CT molecular complexity index is 1110. The molecular formula is C23H19N3O4S. The van der Waals surface area contributed by atoms with Crippen LogP contribution in [0.3, 0.4) is 0 Å². The molecule has 7 nitrogen and oxygen atoms in total. The number of morpholine rings is 1. The van der Waals surface area contributed by atoms with Crippen molar-refractivity contribution < 1.29 is 19.4 Å². The average Bonchev–Trinajstić information content (AvgIpc) is 3.34. The molecule has 0 aliphatic carbocycles. The van der Waals surface area contributed by atoms with Crippen molar-refractivity contribution >= 4 is 34.5 Å².